The minimum atomic E-state index is 0.528. The number of rotatable bonds is 7. The Balaban J connectivity index is 1.38. The summed E-state index contributed by atoms with van der Waals surface area (Å²) in [5, 5.41) is 14.0. The summed E-state index contributed by atoms with van der Waals surface area (Å²) in [4.78, 5) is 23.0. The lowest BCUT2D eigenvalue weighted by atomic mass is 10.1. The summed E-state index contributed by atoms with van der Waals surface area (Å²) in [5.41, 5.74) is 7.72. The third-order valence-corrected chi connectivity index (χ3v) is 6.71. The number of imidazole rings is 1. The lowest BCUT2D eigenvalue weighted by molar-refractivity contribution is 0.645. The van der Waals surface area contributed by atoms with Crippen LogP contribution in [0.5, 0.6) is 0 Å². The van der Waals surface area contributed by atoms with Crippen LogP contribution in [-0.4, -0.2) is 35.1 Å². The molecule has 0 spiro atoms. The van der Waals surface area contributed by atoms with Crippen LogP contribution < -0.4 is 5.32 Å². The van der Waals surface area contributed by atoms with E-state index in [2.05, 4.69) is 61.9 Å². The van der Waals surface area contributed by atoms with Gasteiger partial charge in [0.1, 0.15) is 16.9 Å². The Kier molecular flexibility index (Phi) is 5.54. The molecule has 9 heteroatoms. The first kappa shape index (κ1) is 22.1. The molecule has 0 bridgehead atoms. The van der Waals surface area contributed by atoms with E-state index in [1.54, 1.807) is 29.9 Å². The standard InChI is InChI=1S/C27H24N8S/c1-15(2)9-16(3)31-18-10-17(12-28-13-18)21-11-19-22(14-30-21)34-35-24(19)27-32-20-6-7-29-26(25(20)33-27)23-5-4-8-36-23/h4-8,10-15,31H,3,9H2,1-2H3,(H,32,33)(H,34,35). The van der Waals surface area contributed by atoms with Gasteiger partial charge in [-0.2, -0.15) is 5.10 Å². The van der Waals surface area contributed by atoms with E-state index in [-0.39, 0.29) is 0 Å². The van der Waals surface area contributed by atoms with Gasteiger partial charge in [0.25, 0.3) is 0 Å². The maximum Gasteiger partial charge on any atom is 0.159 e. The zero-order valence-corrected chi connectivity index (χ0v) is 20.7. The average Bonchev–Trinajstić information content (AvgIpc) is 3.62. The van der Waals surface area contributed by atoms with Crippen molar-refractivity contribution >= 4 is 39.0 Å². The van der Waals surface area contributed by atoms with Crippen molar-refractivity contribution in [2.75, 3.05) is 5.32 Å². The number of aromatic amines is 2. The summed E-state index contributed by atoms with van der Waals surface area (Å²) >= 11 is 1.64. The second-order valence-electron chi connectivity index (χ2n) is 9.09. The molecule has 6 rings (SSSR count). The van der Waals surface area contributed by atoms with E-state index in [9.17, 15) is 0 Å². The monoisotopic (exact) mass is 492 g/mol. The van der Waals surface area contributed by atoms with Gasteiger partial charge in [-0.1, -0.05) is 26.5 Å². The van der Waals surface area contributed by atoms with Crippen molar-refractivity contribution in [1.82, 2.24) is 35.1 Å². The fourth-order valence-corrected chi connectivity index (χ4v) is 5.01. The second kappa shape index (κ2) is 9.01. The van der Waals surface area contributed by atoms with Gasteiger partial charge in [0.15, 0.2) is 5.82 Å². The molecule has 0 aliphatic heterocycles. The number of H-pyrrole nitrogens is 2. The predicted molar refractivity (Wildman–Crippen MR) is 146 cm³/mol. The Morgan fingerprint density at radius 2 is 2.00 bits per heavy atom. The van der Waals surface area contributed by atoms with Crippen molar-refractivity contribution in [3.63, 3.8) is 0 Å². The molecule has 3 N–H and O–H groups in total. The normalized spacial score (nSPS) is 11.5. The van der Waals surface area contributed by atoms with E-state index < -0.39 is 0 Å². The van der Waals surface area contributed by atoms with Gasteiger partial charge in [-0.3, -0.25) is 20.1 Å². The van der Waals surface area contributed by atoms with Gasteiger partial charge in [0, 0.05) is 29.0 Å². The number of nitrogens with zero attached hydrogens (tertiary/aromatic N) is 5. The molecule has 0 atom stereocenters. The van der Waals surface area contributed by atoms with Gasteiger partial charge in [0.2, 0.25) is 0 Å². The largest absolute Gasteiger partial charge is 0.358 e. The molecule has 0 saturated heterocycles. The quantitative estimate of drug-likeness (QED) is 0.230. The third kappa shape index (κ3) is 4.14. The third-order valence-electron chi connectivity index (χ3n) is 5.84. The lowest BCUT2D eigenvalue weighted by Gasteiger charge is -2.12. The first-order valence-corrected chi connectivity index (χ1v) is 12.6. The molecule has 0 saturated carbocycles. The molecule has 6 heterocycles. The van der Waals surface area contributed by atoms with Gasteiger partial charge in [-0.05, 0) is 42.0 Å². The van der Waals surface area contributed by atoms with Crippen LogP contribution in [0.25, 0.3) is 55.3 Å². The molecule has 36 heavy (non-hydrogen) atoms. The fourth-order valence-electron chi connectivity index (χ4n) is 4.29. The number of hydrogen-bond acceptors (Lipinski definition) is 7. The van der Waals surface area contributed by atoms with E-state index in [1.165, 1.54) is 0 Å². The van der Waals surface area contributed by atoms with Crippen molar-refractivity contribution in [2.24, 2.45) is 5.92 Å². The first-order chi connectivity index (χ1) is 17.5. The Labute approximate surface area is 211 Å². The highest BCUT2D eigenvalue weighted by Crippen LogP contribution is 2.33. The van der Waals surface area contributed by atoms with Crippen LogP contribution >= 0.6 is 11.3 Å². The molecule has 178 valence electrons. The van der Waals surface area contributed by atoms with Crippen molar-refractivity contribution in [3.05, 3.63) is 72.8 Å². The maximum atomic E-state index is 4.89. The van der Waals surface area contributed by atoms with E-state index in [0.717, 1.165) is 67.3 Å². The smallest absolute Gasteiger partial charge is 0.159 e. The van der Waals surface area contributed by atoms with Crippen molar-refractivity contribution in [1.29, 1.82) is 0 Å². The molecule has 0 radical (unpaired) electrons. The molecule has 0 aliphatic carbocycles. The summed E-state index contributed by atoms with van der Waals surface area (Å²) in [5.74, 6) is 1.21. The Hall–Kier alpha value is -4.37. The molecule has 0 aliphatic rings. The summed E-state index contributed by atoms with van der Waals surface area (Å²) in [7, 11) is 0. The summed E-state index contributed by atoms with van der Waals surface area (Å²) in [6.45, 7) is 8.47. The second-order valence-corrected chi connectivity index (χ2v) is 10.0. The maximum absolute atomic E-state index is 4.89. The zero-order valence-electron chi connectivity index (χ0n) is 19.9. The molecule has 8 nitrogen and oxygen atoms in total. The lowest BCUT2D eigenvalue weighted by Crippen LogP contribution is -2.02. The van der Waals surface area contributed by atoms with E-state index in [4.69, 9.17) is 4.98 Å². The molecular weight excluding hydrogens is 468 g/mol. The Bertz CT molecular complexity index is 1690. The number of hydrogen-bond donors (Lipinski definition) is 3. The topological polar surface area (TPSA) is 108 Å². The summed E-state index contributed by atoms with van der Waals surface area (Å²) in [6.07, 6.45) is 8.09. The van der Waals surface area contributed by atoms with E-state index >= 15 is 0 Å². The molecule has 0 unspecified atom stereocenters. The minimum absolute atomic E-state index is 0.528. The SMILES string of the molecule is C=C(CC(C)C)Nc1cncc(-c2cc3c(-c4nc5c(-c6cccs6)nccc5[nH]4)n[nH]c3cn2)c1. The van der Waals surface area contributed by atoms with E-state index in [0.29, 0.717) is 11.7 Å². The van der Waals surface area contributed by atoms with Crippen LogP contribution in [0.3, 0.4) is 0 Å². The zero-order chi connectivity index (χ0) is 24.6. The van der Waals surface area contributed by atoms with Gasteiger partial charge in [-0.25, -0.2) is 4.98 Å². The molecular formula is C27H24N8S. The van der Waals surface area contributed by atoms with Crippen LogP contribution in [0.15, 0.2) is 72.8 Å². The van der Waals surface area contributed by atoms with Crippen LogP contribution in [0, 0.1) is 5.92 Å². The van der Waals surface area contributed by atoms with Gasteiger partial charge < -0.3 is 10.3 Å². The summed E-state index contributed by atoms with van der Waals surface area (Å²) < 4.78 is 0. The molecule has 0 aromatic carbocycles. The van der Waals surface area contributed by atoms with Crippen LogP contribution in [0.1, 0.15) is 20.3 Å². The first-order valence-electron chi connectivity index (χ1n) is 11.7. The van der Waals surface area contributed by atoms with Crippen molar-refractivity contribution < 1.29 is 0 Å². The van der Waals surface area contributed by atoms with Crippen LogP contribution in [0.4, 0.5) is 5.69 Å². The van der Waals surface area contributed by atoms with Crippen molar-refractivity contribution in [2.45, 2.75) is 20.3 Å². The van der Waals surface area contributed by atoms with Gasteiger partial charge in [-0.15, -0.1) is 11.3 Å². The van der Waals surface area contributed by atoms with Gasteiger partial charge in [0.05, 0.1) is 39.7 Å². The van der Waals surface area contributed by atoms with Gasteiger partial charge >= 0.3 is 0 Å². The van der Waals surface area contributed by atoms with Crippen LogP contribution in [0.2, 0.25) is 0 Å². The van der Waals surface area contributed by atoms with E-state index in [1.807, 2.05) is 35.8 Å². The average molecular weight is 493 g/mol. The number of fused-ring (bicyclic) bond motifs is 2. The predicted octanol–water partition coefficient (Wildman–Crippen LogP) is 6.66. The Morgan fingerprint density at radius 3 is 2.83 bits per heavy atom. The molecule has 0 amide bonds. The summed E-state index contributed by atoms with van der Waals surface area (Å²) in [6, 6.07) is 10.1. The number of aromatic nitrogens is 7. The fraction of sp³-hybridized carbons (Fsp3) is 0.148. The minimum Gasteiger partial charge on any atom is -0.358 e. The number of thiophene rings is 1. The van der Waals surface area contributed by atoms with Crippen molar-refractivity contribution in [3.8, 4) is 33.3 Å². The van der Waals surface area contributed by atoms with Crippen LogP contribution in [-0.2, 0) is 0 Å². The highest BCUT2D eigenvalue weighted by atomic mass is 32.1. The Morgan fingerprint density at radius 1 is 1.08 bits per heavy atom. The number of pyridine rings is 3. The highest BCUT2D eigenvalue weighted by Gasteiger charge is 2.17. The number of nitrogens with one attached hydrogen (secondary N) is 3. The number of anilines is 1. The highest BCUT2D eigenvalue weighted by molar-refractivity contribution is 7.13. The molecule has 6 aromatic rings. The molecule has 0 fully saturated rings. The molecule has 6 aromatic heterocycles. The number of allylic oxidation sites excluding steroid dienone is 1.